The Morgan fingerprint density at radius 3 is 2.88 bits per heavy atom. The number of fused-ring (bicyclic) bond motifs is 1. The third-order valence-electron chi connectivity index (χ3n) is 4.05. The molecule has 1 aliphatic heterocycles. The Morgan fingerprint density at radius 1 is 1.44 bits per heavy atom. The highest BCUT2D eigenvalue weighted by atomic mass is 35.5. The molecule has 4 nitrogen and oxygen atoms in total. The topological polar surface area (TPSA) is 52.6 Å². The van der Waals surface area contributed by atoms with Crippen molar-refractivity contribution in [2.24, 2.45) is 11.8 Å². The monoisotopic (exact) mass is 266 g/mol. The van der Waals surface area contributed by atoms with E-state index in [1.54, 1.807) is 6.92 Å². The second-order valence-corrected chi connectivity index (χ2v) is 7.37. The van der Waals surface area contributed by atoms with Crippen LogP contribution in [-0.2, 0) is 19.0 Å². The first kappa shape index (κ1) is 11.3. The molecule has 0 aromatic carbocycles. The summed E-state index contributed by atoms with van der Waals surface area (Å²) < 4.78 is 34.3. The Kier molecular flexibility index (Phi) is 2.52. The van der Waals surface area contributed by atoms with Crippen LogP contribution in [0.4, 0.5) is 0 Å². The molecule has 4 fully saturated rings. The van der Waals surface area contributed by atoms with Gasteiger partial charge in [0.2, 0.25) is 0 Å². The molecule has 1 saturated heterocycles. The summed E-state index contributed by atoms with van der Waals surface area (Å²) in [5.74, 6) is 0.411. The third-order valence-corrected chi connectivity index (χ3v) is 5.93. The average molecular weight is 267 g/mol. The Hall–Kier alpha value is 0.160. The molecule has 3 saturated carbocycles. The zero-order valence-corrected chi connectivity index (χ0v) is 10.6. The maximum Gasteiger partial charge on any atom is 0.270 e. The second-order valence-electron chi connectivity index (χ2n) is 4.97. The quantitative estimate of drug-likeness (QED) is 0.561. The number of halogens is 1. The van der Waals surface area contributed by atoms with Gasteiger partial charge < -0.3 is 4.74 Å². The van der Waals surface area contributed by atoms with Gasteiger partial charge in [0.05, 0.1) is 11.4 Å². The summed E-state index contributed by atoms with van der Waals surface area (Å²) in [6.07, 6.45) is 2.22. The number of ether oxygens (including phenoxy) is 1. The van der Waals surface area contributed by atoms with Gasteiger partial charge in [0, 0.05) is 5.92 Å². The molecule has 0 aromatic rings. The second kappa shape index (κ2) is 3.57. The van der Waals surface area contributed by atoms with Crippen LogP contribution in [0.5, 0.6) is 0 Å². The van der Waals surface area contributed by atoms with Gasteiger partial charge in [-0.1, -0.05) is 11.6 Å². The zero-order valence-electron chi connectivity index (χ0n) is 9.00. The molecule has 0 radical (unpaired) electrons. The van der Waals surface area contributed by atoms with Crippen LogP contribution in [0, 0.1) is 11.8 Å². The largest absolute Gasteiger partial charge is 0.357 e. The fourth-order valence-corrected chi connectivity index (χ4v) is 5.48. The molecule has 6 unspecified atom stereocenters. The van der Waals surface area contributed by atoms with E-state index in [0.717, 1.165) is 12.8 Å². The summed E-state index contributed by atoms with van der Waals surface area (Å²) in [5.41, 5.74) is -0.394. The maximum atomic E-state index is 11.8. The summed E-state index contributed by atoms with van der Waals surface area (Å²) in [6, 6.07) is 0. The van der Waals surface area contributed by atoms with Crippen molar-refractivity contribution in [2.75, 3.05) is 0 Å². The van der Waals surface area contributed by atoms with E-state index in [1.165, 1.54) is 0 Å². The summed E-state index contributed by atoms with van der Waals surface area (Å²) in [6.45, 7) is 1.75. The van der Waals surface area contributed by atoms with Crippen molar-refractivity contribution in [3.05, 3.63) is 0 Å². The zero-order chi connectivity index (χ0) is 11.5. The van der Waals surface area contributed by atoms with Crippen LogP contribution in [0.25, 0.3) is 0 Å². The van der Waals surface area contributed by atoms with E-state index in [4.69, 9.17) is 20.5 Å². The molecule has 4 bridgehead atoms. The molecule has 6 atom stereocenters. The van der Waals surface area contributed by atoms with Gasteiger partial charge in [-0.25, -0.2) is 0 Å². The fraction of sp³-hybridized carbons (Fsp3) is 1.00. The van der Waals surface area contributed by atoms with E-state index in [0.29, 0.717) is 12.3 Å². The first-order valence-electron chi connectivity index (χ1n) is 5.70. The Morgan fingerprint density at radius 2 is 2.19 bits per heavy atom. The molecule has 3 aliphatic carbocycles. The Balaban J connectivity index is 1.91. The fourth-order valence-electron chi connectivity index (χ4n) is 3.46. The lowest BCUT2D eigenvalue weighted by Crippen LogP contribution is -2.51. The summed E-state index contributed by atoms with van der Waals surface area (Å²) in [4.78, 5) is 0. The van der Waals surface area contributed by atoms with Crippen molar-refractivity contribution in [1.29, 1.82) is 0 Å². The summed E-state index contributed by atoms with van der Waals surface area (Å²) in [7, 11) is -3.35. The normalized spacial score (nSPS) is 50.5. The smallest absolute Gasteiger partial charge is 0.270 e. The maximum absolute atomic E-state index is 11.8. The van der Waals surface area contributed by atoms with Gasteiger partial charge >= 0.3 is 0 Å². The van der Waals surface area contributed by atoms with Crippen molar-refractivity contribution < 1.29 is 17.3 Å². The Bertz CT molecular complexity index is 394. The highest BCUT2D eigenvalue weighted by Gasteiger charge is 2.61. The van der Waals surface area contributed by atoms with Crippen LogP contribution >= 0.6 is 11.6 Å². The molecule has 0 spiro atoms. The van der Waals surface area contributed by atoms with Gasteiger partial charge in [-0.2, -0.15) is 8.42 Å². The van der Waals surface area contributed by atoms with E-state index >= 15 is 0 Å². The lowest BCUT2D eigenvalue weighted by Gasteiger charge is -2.44. The minimum absolute atomic E-state index is 0.121. The molecule has 0 aromatic heterocycles. The van der Waals surface area contributed by atoms with E-state index in [1.807, 2.05) is 0 Å². The molecule has 16 heavy (non-hydrogen) atoms. The van der Waals surface area contributed by atoms with E-state index < -0.39 is 15.7 Å². The number of hydrogen-bond acceptors (Lipinski definition) is 4. The summed E-state index contributed by atoms with van der Waals surface area (Å²) in [5, 5.41) is -0.290. The molecule has 0 amide bonds. The molecule has 92 valence electrons. The lowest BCUT2D eigenvalue weighted by atomic mass is 9.67. The van der Waals surface area contributed by atoms with Gasteiger partial charge in [0.25, 0.3) is 10.1 Å². The lowest BCUT2D eigenvalue weighted by molar-refractivity contribution is -0.115. The van der Waals surface area contributed by atoms with Crippen molar-refractivity contribution in [2.45, 2.75) is 49.2 Å². The predicted molar refractivity (Wildman–Crippen MR) is 58.6 cm³/mol. The van der Waals surface area contributed by atoms with Crippen LogP contribution in [0.2, 0.25) is 0 Å². The molecule has 0 N–H and O–H groups in total. The van der Waals surface area contributed by atoms with Gasteiger partial charge in [-0.3, -0.25) is 4.18 Å². The first-order valence-corrected chi connectivity index (χ1v) is 7.61. The van der Waals surface area contributed by atoms with Gasteiger partial charge in [0.1, 0.15) is 11.7 Å². The van der Waals surface area contributed by atoms with Crippen LogP contribution < -0.4 is 0 Å². The highest BCUT2D eigenvalue weighted by Crippen LogP contribution is 2.52. The Labute approximate surface area is 100 Å². The summed E-state index contributed by atoms with van der Waals surface area (Å²) >= 11 is 5.83. The number of alkyl halides is 1. The highest BCUT2D eigenvalue weighted by molar-refractivity contribution is 7.87. The van der Waals surface area contributed by atoms with Crippen molar-refractivity contribution in [1.82, 2.24) is 0 Å². The molecule has 4 rings (SSSR count). The van der Waals surface area contributed by atoms with Gasteiger partial charge in [-0.15, -0.1) is 0 Å². The first-order chi connectivity index (χ1) is 7.49. The van der Waals surface area contributed by atoms with E-state index in [2.05, 4.69) is 0 Å². The van der Waals surface area contributed by atoms with Crippen LogP contribution in [0.3, 0.4) is 0 Å². The van der Waals surface area contributed by atoms with Crippen molar-refractivity contribution >= 4 is 21.7 Å². The van der Waals surface area contributed by atoms with E-state index in [9.17, 15) is 8.42 Å². The minimum atomic E-state index is -3.35. The molecule has 1 heterocycles. The molecular formula is C10H15ClO4S. The average Bonchev–Trinajstić information content (AvgIpc) is 2.42. The number of rotatable bonds is 2. The van der Waals surface area contributed by atoms with Crippen molar-refractivity contribution in [3.8, 4) is 0 Å². The SMILES string of the molecule is CC(Cl)OC1C2CCC3C1OS(=O)(=O)C3C2. The molecule has 4 aliphatic rings. The molecule has 6 heteroatoms. The predicted octanol–water partition coefficient (Wildman–Crippen LogP) is 1.48. The standard InChI is InChI=1S/C10H15ClO4S/c1-5(11)14-9-6-2-3-7-8(4-6)16(12,13)15-10(7)9/h5-10H,2-4H2,1H3. The van der Waals surface area contributed by atoms with Crippen LogP contribution in [-0.4, -0.2) is 31.4 Å². The van der Waals surface area contributed by atoms with Crippen molar-refractivity contribution in [3.63, 3.8) is 0 Å². The molecular weight excluding hydrogens is 252 g/mol. The number of hydrogen-bond donors (Lipinski definition) is 0. The van der Waals surface area contributed by atoms with Crippen LogP contribution in [0.15, 0.2) is 0 Å². The third kappa shape index (κ3) is 1.52. The van der Waals surface area contributed by atoms with Gasteiger partial charge in [-0.05, 0) is 32.1 Å². The van der Waals surface area contributed by atoms with E-state index in [-0.39, 0.29) is 23.4 Å². The van der Waals surface area contributed by atoms with Crippen LogP contribution in [0.1, 0.15) is 26.2 Å². The van der Waals surface area contributed by atoms with Gasteiger partial charge in [0.15, 0.2) is 0 Å². The minimum Gasteiger partial charge on any atom is -0.357 e.